The number of hydrogen-bond acceptors (Lipinski definition) is 3. The van der Waals surface area contributed by atoms with Gasteiger partial charge in [-0.2, -0.15) is 5.10 Å². The van der Waals surface area contributed by atoms with Gasteiger partial charge in [-0.3, -0.25) is 4.68 Å². The average Bonchev–Trinajstić information content (AvgIpc) is 2.43. The predicted molar refractivity (Wildman–Crippen MR) is 64.0 cm³/mol. The molecule has 0 radical (unpaired) electrons. The largest absolute Gasteiger partial charge is 0.325 e. The first-order valence-corrected chi connectivity index (χ1v) is 6.16. The van der Waals surface area contributed by atoms with Crippen molar-refractivity contribution in [2.24, 2.45) is 18.7 Å². The zero-order valence-corrected chi connectivity index (χ0v) is 10.5. The molecule has 1 aromatic rings. The van der Waals surface area contributed by atoms with Gasteiger partial charge in [0.15, 0.2) is 5.82 Å². The van der Waals surface area contributed by atoms with Gasteiger partial charge >= 0.3 is 0 Å². The van der Waals surface area contributed by atoms with Crippen LogP contribution >= 0.6 is 0 Å². The number of rotatable bonds is 4. The average molecular weight is 222 g/mol. The van der Waals surface area contributed by atoms with Gasteiger partial charge in [0.05, 0.1) is 0 Å². The van der Waals surface area contributed by atoms with E-state index in [4.69, 9.17) is 5.73 Å². The Morgan fingerprint density at radius 1 is 1.44 bits per heavy atom. The van der Waals surface area contributed by atoms with Gasteiger partial charge in [0.25, 0.3) is 0 Å². The zero-order valence-electron chi connectivity index (χ0n) is 10.5. The molecule has 16 heavy (non-hydrogen) atoms. The molecule has 1 aromatic heterocycles. The van der Waals surface area contributed by atoms with E-state index < -0.39 is 0 Å². The van der Waals surface area contributed by atoms with Crippen molar-refractivity contribution in [3.8, 4) is 0 Å². The molecule has 2 N–H and O–H groups in total. The third-order valence-electron chi connectivity index (χ3n) is 3.35. The van der Waals surface area contributed by atoms with Crippen molar-refractivity contribution in [1.29, 1.82) is 0 Å². The minimum absolute atomic E-state index is 0.00407. The number of hydrogen-bond donors (Lipinski definition) is 1. The van der Waals surface area contributed by atoms with E-state index in [1.807, 2.05) is 11.7 Å². The summed E-state index contributed by atoms with van der Waals surface area (Å²) in [6.07, 6.45) is 5.33. The summed E-state index contributed by atoms with van der Waals surface area (Å²) in [4.78, 5) is 4.59. The van der Waals surface area contributed by atoms with E-state index in [2.05, 4.69) is 23.9 Å². The molecule has 0 bridgehead atoms. The Morgan fingerprint density at radius 2 is 2.12 bits per heavy atom. The summed E-state index contributed by atoms with van der Waals surface area (Å²) in [5.41, 5.74) is 6.23. The van der Waals surface area contributed by atoms with Gasteiger partial charge in [-0.15, -0.1) is 0 Å². The van der Waals surface area contributed by atoms with Crippen molar-refractivity contribution in [2.45, 2.75) is 51.5 Å². The molecule has 1 saturated carbocycles. The van der Waals surface area contributed by atoms with Gasteiger partial charge in [0, 0.05) is 25.4 Å². The first-order chi connectivity index (χ1) is 7.48. The Morgan fingerprint density at radius 3 is 2.62 bits per heavy atom. The first kappa shape index (κ1) is 11.6. The van der Waals surface area contributed by atoms with Gasteiger partial charge in [0.2, 0.25) is 0 Å². The molecule has 0 atom stereocenters. The summed E-state index contributed by atoms with van der Waals surface area (Å²) >= 11 is 0. The van der Waals surface area contributed by atoms with Crippen LogP contribution in [0.4, 0.5) is 0 Å². The molecule has 4 nitrogen and oxygen atoms in total. The summed E-state index contributed by atoms with van der Waals surface area (Å²) < 4.78 is 1.89. The zero-order chi connectivity index (χ0) is 11.8. The van der Waals surface area contributed by atoms with E-state index in [0.717, 1.165) is 37.3 Å². The van der Waals surface area contributed by atoms with Crippen LogP contribution in [-0.4, -0.2) is 20.3 Å². The molecule has 1 aliphatic rings. The van der Waals surface area contributed by atoms with Crippen LogP contribution in [0.5, 0.6) is 0 Å². The Bertz CT molecular complexity index is 363. The second-order valence-electron chi connectivity index (χ2n) is 5.56. The molecular formula is C12H22N4. The molecular weight excluding hydrogens is 200 g/mol. The standard InChI is InChI=1S/C12H22N4/c1-9(2)7-10-14-11(16(3)15-10)8-12(13)5-4-6-12/h9H,4-8,13H2,1-3H3. The van der Waals surface area contributed by atoms with E-state index >= 15 is 0 Å². The smallest absolute Gasteiger partial charge is 0.151 e. The van der Waals surface area contributed by atoms with E-state index in [0.29, 0.717) is 5.92 Å². The summed E-state index contributed by atoms with van der Waals surface area (Å²) in [7, 11) is 1.97. The third kappa shape index (κ3) is 2.43. The maximum absolute atomic E-state index is 6.23. The topological polar surface area (TPSA) is 56.7 Å². The molecule has 1 heterocycles. The lowest BCUT2D eigenvalue weighted by Crippen LogP contribution is -2.48. The van der Waals surface area contributed by atoms with Crippen LogP contribution < -0.4 is 5.73 Å². The van der Waals surface area contributed by atoms with Crippen LogP contribution in [-0.2, 0) is 19.9 Å². The number of aryl methyl sites for hydroxylation is 1. The maximum Gasteiger partial charge on any atom is 0.151 e. The van der Waals surface area contributed by atoms with Crippen LogP contribution in [0, 0.1) is 5.92 Å². The number of aromatic nitrogens is 3. The summed E-state index contributed by atoms with van der Waals surface area (Å²) in [5.74, 6) is 2.60. The maximum atomic E-state index is 6.23. The van der Waals surface area contributed by atoms with Crippen molar-refractivity contribution in [3.05, 3.63) is 11.6 Å². The number of nitrogens with zero attached hydrogens (tertiary/aromatic N) is 3. The van der Waals surface area contributed by atoms with Gasteiger partial charge in [-0.1, -0.05) is 13.8 Å². The molecule has 0 aliphatic heterocycles. The first-order valence-electron chi connectivity index (χ1n) is 6.16. The SMILES string of the molecule is CC(C)Cc1nc(CC2(N)CCC2)n(C)n1. The van der Waals surface area contributed by atoms with Crippen molar-refractivity contribution < 1.29 is 0 Å². The second-order valence-corrected chi connectivity index (χ2v) is 5.56. The third-order valence-corrected chi connectivity index (χ3v) is 3.35. The van der Waals surface area contributed by atoms with Crippen molar-refractivity contribution in [2.75, 3.05) is 0 Å². The lowest BCUT2D eigenvalue weighted by molar-refractivity contribution is 0.241. The quantitative estimate of drug-likeness (QED) is 0.838. The van der Waals surface area contributed by atoms with E-state index in [-0.39, 0.29) is 5.54 Å². The van der Waals surface area contributed by atoms with Gasteiger partial charge in [0.1, 0.15) is 5.82 Å². The highest BCUT2D eigenvalue weighted by Gasteiger charge is 2.34. The van der Waals surface area contributed by atoms with E-state index in [1.54, 1.807) is 0 Å². The van der Waals surface area contributed by atoms with Crippen LogP contribution in [0.15, 0.2) is 0 Å². The Hall–Kier alpha value is -0.900. The Labute approximate surface area is 97.2 Å². The van der Waals surface area contributed by atoms with Gasteiger partial charge in [-0.05, 0) is 25.2 Å². The molecule has 0 unspecified atom stereocenters. The summed E-state index contributed by atoms with van der Waals surface area (Å²) in [5, 5.41) is 4.44. The highest BCUT2D eigenvalue weighted by Crippen LogP contribution is 2.31. The lowest BCUT2D eigenvalue weighted by Gasteiger charge is -2.37. The highest BCUT2D eigenvalue weighted by atomic mass is 15.3. The monoisotopic (exact) mass is 222 g/mol. The lowest BCUT2D eigenvalue weighted by atomic mass is 9.75. The normalized spacial score (nSPS) is 18.8. The van der Waals surface area contributed by atoms with Crippen LogP contribution in [0.2, 0.25) is 0 Å². The fourth-order valence-electron chi connectivity index (χ4n) is 2.20. The van der Waals surface area contributed by atoms with Gasteiger partial charge in [-0.25, -0.2) is 4.98 Å². The molecule has 90 valence electrons. The van der Waals surface area contributed by atoms with Crippen molar-refractivity contribution in [3.63, 3.8) is 0 Å². The Balaban J connectivity index is 2.06. The van der Waals surface area contributed by atoms with E-state index in [9.17, 15) is 0 Å². The Kier molecular flexibility index (Phi) is 3.02. The fourth-order valence-corrected chi connectivity index (χ4v) is 2.20. The number of nitrogens with two attached hydrogens (primary N) is 1. The van der Waals surface area contributed by atoms with Crippen molar-refractivity contribution in [1.82, 2.24) is 14.8 Å². The predicted octanol–water partition coefficient (Wildman–Crippen LogP) is 1.44. The van der Waals surface area contributed by atoms with Crippen LogP contribution in [0.1, 0.15) is 44.8 Å². The molecule has 1 aliphatic carbocycles. The summed E-state index contributed by atoms with van der Waals surface area (Å²) in [6.45, 7) is 4.37. The van der Waals surface area contributed by atoms with Crippen LogP contribution in [0.3, 0.4) is 0 Å². The molecule has 4 heteroatoms. The molecule has 2 rings (SSSR count). The van der Waals surface area contributed by atoms with Gasteiger partial charge < -0.3 is 5.73 Å². The molecule has 0 spiro atoms. The molecule has 0 amide bonds. The molecule has 1 fully saturated rings. The van der Waals surface area contributed by atoms with Crippen LogP contribution in [0.25, 0.3) is 0 Å². The van der Waals surface area contributed by atoms with E-state index in [1.165, 1.54) is 6.42 Å². The summed E-state index contributed by atoms with van der Waals surface area (Å²) in [6, 6.07) is 0. The minimum Gasteiger partial charge on any atom is -0.325 e. The molecule has 0 aromatic carbocycles. The van der Waals surface area contributed by atoms with Crippen molar-refractivity contribution >= 4 is 0 Å². The minimum atomic E-state index is -0.00407. The second kappa shape index (κ2) is 4.17. The highest BCUT2D eigenvalue weighted by molar-refractivity contribution is 5.04. The molecule has 0 saturated heterocycles. The fraction of sp³-hybridized carbons (Fsp3) is 0.833.